The monoisotopic (exact) mass is 265 g/mol. The van der Waals surface area contributed by atoms with E-state index in [0.29, 0.717) is 17.9 Å². The van der Waals surface area contributed by atoms with Crippen molar-refractivity contribution in [1.29, 1.82) is 0 Å². The largest absolute Gasteiger partial charge is 0.493 e. The molecule has 0 bridgehead atoms. The molecular formula is C15H20ClNO. The summed E-state index contributed by atoms with van der Waals surface area (Å²) in [5.41, 5.74) is 8.66. The molecule has 1 fully saturated rings. The van der Waals surface area contributed by atoms with Gasteiger partial charge in [-0.2, -0.15) is 0 Å². The summed E-state index contributed by atoms with van der Waals surface area (Å²) >= 11 is 6.20. The van der Waals surface area contributed by atoms with Gasteiger partial charge in [-0.25, -0.2) is 0 Å². The Morgan fingerprint density at radius 2 is 2.22 bits per heavy atom. The lowest BCUT2D eigenvalue weighted by Crippen LogP contribution is -2.25. The first-order valence-corrected chi connectivity index (χ1v) is 7.22. The van der Waals surface area contributed by atoms with Gasteiger partial charge in [-0.1, -0.05) is 18.5 Å². The van der Waals surface area contributed by atoms with Crippen LogP contribution in [0.1, 0.15) is 30.9 Å². The quantitative estimate of drug-likeness (QED) is 0.891. The molecule has 3 rings (SSSR count). The van der Waals surface area contributed by atoms with Crippen molar-refractivity contribution >= 4 is 11.6 Å². The van der Waals surface area contributed by atoms with Gasteiger partial charge in [0.05, 0.1) is 6.61 Å². The maximum atomic E-state index is 6.20. The predicted molar refractivity (Wildman–Crippen MR) is 74.2 cm³/mol. The molecule has 2 nitrogen and oxygen atoms in total. The Morgan fingerprint density at radius 1 is 1.39 bits per heavy atom. The molecule has 3 heteroatoms. The molecule has 0 amide bonds. The molecule has 98 valence electrons. The zero-order chi connectivity index (χ0) is 12.7. The second-order valence-corrected chi connectivity index (χ2v) is 6.15. The normalized spacial score (nSPS) is 30.3. The van der Waals surface area contributed by atoms with E-state index in [0.717, 1.165) is 36.6 Å². The molecule has 1 aliphatic heterocycles. The van der Waals surface area contributed by atoms with Gasteiger partial charge in [0.1, 0.15) is 5.75 Å². The molecule has 0 radical (unpaired) electrons. The van der Waals surface area contributed by atoms with Crippen molar-refractivity contribution in [3.05, 3.63) is 28.3 Å². The first-order valence-electron chi connectivity index (χ1n) is 6.85. The molecule has 3 unspecified atom stereocenters. The SMILES string of the molecule is CC1C(N)CCC1Cc1cc(Cl)cc2c1OCC2. The summed E-state index contributed by atoms with van der Waals surface area (Å²) in [4.78, 5) is 0. The van der Waals surface area contributed by atoms with E-state index in [4.69, 9.17) is 22.1 Å². The highest BCUT2D eigenvalue weighted by Crippen LogP contribution is 2.39. The fraction of sp³-hybridized carbons (Fsp3) is 0.600. The molecule has 2 N–H and O–H groups in total. The van der Waals surface area contributed by atoms with Crippen LogP contribution < -0.4 is 10.5 Å². The number of fused-ring (bicyclic) bond motifs is 1. The summed E-state index contributed by atoms with van der Waals surface area (Å²) in [7, 11) is 0. The number of nitrogens with two attached hydrogens (primary N) is 1. The Balaban J connectivity index is 1.85. The van der Waals surface area contributed by atoms with Crippen molar-refractivity contribution in [2.24, 2.45) is 17.6 Å². The summed E-state index contributed by atoms with van der Waals surface area (Å²) in [5, 5.41) is 0.837. The molecule has 1 aromatic rings. The summed E-state index contributed by atoms with van der Waals surface area (Å²) < 4.78 is 5.77. The first kappa shape index (κ1) is 12.3. The van der Waals surface area contributed by atoms with Crippen molar-refractivity contribution in [2.45, 2.75) is 38.6 Å². The molecule has 1 aliphatic carbocycles. The minimum absolute atomic E-state index is 0.364. The van der Waals surface area contributed by atoms with Gasteiger partial charge in [-0.05, 0) is 54.4 Å². The van der Waals surface area contributed by atoms with E-state index in [-0.39, 0.29) is 0 Å². The minimum atomic E-state index is 0.364. The van der Waals surface area contributed by atoms with Crippen LogP contribution in [0.4, 0.5) is 0 Å². The average Bonchev–Trinajstić information content (AvgIpc) is 2.90. The highest BCUT2D eigenvalue weighted by Gasteiger charge is 2.31. The zero-order valence-corrected chi connectivity index (χ0v) is 11.5. The van der Waals surface area contributed by atoms with Crippen LogP contribution >= 0.6 is 11.6 Å². The van der Waals surface area contributed by atoms with Crippen LogP contribution in [0.15, 0.2) is 12.1 Å². The number of rotatable bonds is 2. The van der Waals surface area contributed by atoms with Gasteiger partial charge in [0.15, 0.2) is 0 Å². The minimum Gasteiger partial charge on any atom is -0.493 e. The second-order valence-electron chi connectivity index (χ2n) is 5.72. The van der Waals surface area contributed by atoms with Gasteiger partial charge in [-0.15, -0.1) is 0 Å². The third kappa shape index (κ3) is 2.12. The van der Waals surface area contributed by atoms with Gasteiger partial charge in [0.25, 0.3) is 0 Å². The van der Waals surface area contributed by atoms with Crippen LogP contribution in [-0.2, 0) is 12.8 Å². The summed E-state index contributed by atoms with van der Waals surface area (Å²) in [6.07, 6.45) is 4.42. The molecule has 18 heavy (non-hydrogen) atoms. The van der Waals surface area contributed by atoms with Crippen molar-refractivity contribution in [3.8, 4) is 5.75 Å². The Bertz CT molecular complexity index is 460. The highest BCUT2D eigenvalue weighted by atomic mass is 35.5. The Kier molecular flexibility index (Phi) is 3.25. The van der Waals surface area contributed by atoms with E-state index >= 15 is 0 Å². The maximum Gasteiger partial charge on any atom is 0.125 e. The van der Waals surface area contributed by atoms with E-state index in [9.17, 15) is 0 Å². The highest BCUT2D eigenvalue weighted by molar-refractivity contribution is 6.30. The van der Waals surface area contributed by atoms with Crippen molar-refractivity contribution in [2.75, 3.05) is 6.61 Å². The van der Waals surface area contributed by atoms with Crippen LogP contribution in [-0.4, -0.2) is 12.6 Å². The molecule has 1 heterocycles. The lowest BCUT2D eigenvalue weighted by atomic mass is 9.89. The third-order valence-corrected chi connectivity index (χ3v) is 4.82. The number of hydrogen-bond acceptors (Lipinski definition) is 2. The fourth-order valence-electron chi connectivity index (χ4n) is 3.35. The molecule has 0 spiro atoms. The summed E-state index contributed by atoms with van der Waals surface area (Å²) in [6, 6.07) is 4.47. The fourth-order valence-corrected chi connectivity index (χ4v) is 3.61. The van der Waals surface area contributed by atoms with Crippen molar-refractivity contribution < 1.29 is 4.74 Å². The number of hydrogen-bond donors (Lipinski definition) is 1. The van der Waals surface area contributed by atoms with Crippen LogP contribution in [0.5, 0.6) is 5.75 Å². The van der Waals surface area contributed by atoms with Gasteiger partial charge < -0.3 is 10.5 Å². The van der Waals surface area contributed by atoms with Gasteiger partial charge in [0.2, 0.25) is 0 Å². The first-order chi connectivity index (χ1) is 8.65. The zero-order valence-electron chi connectivity index (χ0n) is 10.8. The van der Waals surface area contributed by atoms with Gasteiger partial charge in [0, 0.05) is 17.5 Å². The van der Waals surface area contributed by atoms with Crippen LogP contribution in [0.3, 0.4) is 0 Å². The van der Waals surface area contributed by atoms with E-state index in [1.165, 1.54) is 17.5 Å². The summed E-state index contributed by atoms with van der Waals surface area (Å²) in [6.45, 7) is 3.07. The Labute approximate surface area is 113 Å². The topological polar surface area (TPSA) is 35.2 Å². The smallest absolute Gasteiger partial charge is 0.125 e. The van der Waals surface area contributed by atoms with Crippen molar-refractivity contribution in [1.82, 2.24) is 0 Å². The van der Waals surface area contributed by atoms with E-state index in [2.05, 4.69) is 13.0 Å². The van der Waals surface area contributed by atoms with Gasteiger partial charge in [-0.3, -0.25) is 0 Å². The van der Waals surface area contributed by atoms with E-state index < -0.39 is 0 Å². The standard InChI is InChI=1S/C15H20ClNO/c1-9-10(2-3-14(9)17)6-12-8-13(16)7-11-4-5-18-15(11)12/h7-10,14H,2-6,17H2,1H3. The van der Waals surface area contributed by atoms with E-state index in [1.807, 2.05) is 6.07 Å². The lowest BCUT2D eigenvalue weighted by molar-refractivity contribution is 0.344. The van der Waals surface area contributed by atoms with E-state index in [1.54, 1.807) is 0 Å². The maximum absolute atomic E-state index is 6.20. The number of halogens is 1. The van der Waals surface area contributed by atoms with Crippen LogP contribution in [0.25, 0.3) is 0 Å². The molecule has 2 aliphatic rings. The predicted octanol–water partition coefficient (Wildman–Crippen LogP) is 3.19. The average molecular weight is 266 g/mol. The Morgan fingerprint density at radius 3 is 2.94 bits per heavy atom. The molecule has 0 saturated heterocycles. The van der Waals surface area contributed by atoms with Crippen molar-refractivity contribution in [3.63, 3.8) is 0 Å². The molecule has 3 atom stereocenters. The molecular weight excluding hydrogens is 246 g/mol. The second kappa shape index (κ2) is 4.75. The van der Waals surface area contributed by atoms with Crippen LogP contribution in [0, 0.1) is 11.8 Å². The third-order valence-electron chi connectivity index (χ3n) is 4.60. The number of ether oxygens (including phenoxy) is 1. The molecule has 1 aromatic carbocycles. The number of benzene rings is 1. The summed E-state index contributed by atoms with van der Waals surface area (Å²) in [5.74, 6) is 2.36. The van der Waals surface area contributed by atoms with Gasteiger partial charge >= 0.3 is 0 Å². The van der Waals surface area contributed by atoms with Crippen LogP contribution in [0.2, 0.25) is 5.02 Å². The lowest BCUT2D eigenvalue weighted by Gasteiger charge is -2.19. The molecule has 0 aromatic heterocycles. The molecule has 1 saturated carbocycles. The Hall–Kier alpha value is -0.730.